The Labute approximate surface area is 179 Å². The second-order valence-corrected chi connectivity index (χ2v) is 8.72. The fraction of sp³-hybridized carbons (Fsp3) is 0.318. The van der Waals surface area contributed by atoms with Gasteiger partial charge in [-0.2, -0.15) is 0 Å². The first-order valence-corrected chi connectivity index (χ1v) is 10.8. The predicted octanol–water partition coefficient (Wildman–Crippen LogP) is 5.29. The molecule has 1 amide bonds. The average molecular weight is 431 g/mol. The third kappa shape index (κ3) is 4.26. The minimum Gasteiger partial charge on any atom is -0.459 e. The zero-order valence-electron chi connectivity index (χ0n) is 16.4. The zero-order chi connectivity index (χ0) is 20.4. The molecule has 0 bridgehead atoms. The van der Waals surface area contributed by atoms with Gasteiger partial charge in [0.15, 0.2) is 5.76 Å². The fourth-order valence-corrected chi connectivity index (χ4v) is 5.00. The van der Waals surface area contributed by atoms with Crippen molar-refractivity contribution in [1.29, 1.82) is 0 Å². The monoisotopic (exact) mass is 430 g/mol. The fourth-order valence-electron chi connectivity index (χ4n) is 3.71. The zero-order valence-corrected chi connectivity index (χ0v) is 18.0. The van der Waals surface area contributed by atoms with Crippen LogP contribution in [-0.4, -0.2) is 37.1 Å². The lowest BCUT2D eigenvalue weighted by Gasteiger charge is -2.35. The Bertz CT molecular complexity index is 994. The lowest BCUT2D eigenvalue weighted by Crippen LogP contribution is -2.39. The molecule has 7 heteroatoms. The highest BCUT2D eigenvalue weighted by atomic mass is 35.5. The molecule has 1 fully saturated rings. The van der Waals surface area contributed by atoms with Gasteiger partial charge < -0.3 is 14.5 Å². The molecule has 0 aliphatic carbocycles. The second-order valence-electron chi connectivity index (χ2n) is 7.06. The number of nitrogens with one attached hydrogen (secondary N) is 1. The van der Waals surface area contributed by atoms with Gasteiger partial charge in [-0.1, -0.05) is 23.7 Å². The molecule has 2 aromatic heterocycles. The van der Waals surface area contributed by atoms with E-state index in [4.69, 9.17) is 20.8 Å². The summed E-state index contributed by atoms with van der Waals surface area (Å²) in [7, 11) is 0. The van der Waals surface area contributed by atoms with Crippen LogP contribution in [-0.2, 0) is 4.74 Å². The molecular weight excluding hydrogens is 408 g/mol. The Hall–Kier alpha value is -2.12. The first-order valence-electron chi connectivity index (χ1n) is 9.56. The smallest absolute Gasteiger partial charge is 0.291 e. The highest BCUT2D eigenvalue weighted by Crippen LogP contribution is 2.43. The third-order valence-corrected chi connectivity index (χ3v) is 6.63. The largest absolute Gasteiger partial charge is 0.459 e. The molecule has 5 nitrogen and oxygen atoms in total. The number of hydrogen-bond donors (Lipinski definition) is 1. The molecule has 1 N–H and O–H groups in total. The molecule has 1 saturated heterocycles. The van der Waals surface area contributed by atoms with Gasteiger partial charge in [-0.15, -0.1) is 11.3 Å². The number of morpholine rings is 1. The van der Waals surface area contributed by atoms with E-state index in [2.05, 4.69) is 30.1 Å². The van der Waals surface area contributed by atoms with Gasteiger partial charge in [0.25, 0.3) is 5.91 Å². The van der Waals surface area contributed by atoms with Crippen LogP contribution >= 0.6 is 22.9 Å². The van der Waals surface area contributed by atoms with Crippen LogP contribution in [0.15, 0.2) is 47.1 Å². The number of ether oxygens (including phenoxy) is 1. The molecular formula is C22H23ClN2O3S. The van der Waals surface area contributed by atoms with Crippen molar-refractivity contribution in [2.24, 2.45) is 0 Å². The van der Waals surface area contributed by atoms with E-state index in [1.54, 1.807) is 23.5 Å². The molecule has 152 valence electrons. The van der Waals surface area contributed by atoms with Crippen molar-refractivity contribution < 1.29 is 13.9 Å². The van der Waals surface area contributed by atoms with E-state index in [1.165, 1.54) is 16.7 Å². The minimum absolute atomic E-state index is 0.0190. The predicted molar refractivity (Wildman–Crippen MR) is 116 cm³/mol. The molecule has 0 spiro atoms. The van der Waals surface area contributed by atoms with Crippen LogP contribution in [0.5, 0.6) is 0 Å². The van der Waals surface area contributed by atoms with Crippen LogP contribution < -0.4 is 5.32 Å². The molecule has 1 atom stereocenters. The summed E-state index contributed by atoms with van der Waals surface area (Å²) < 4.78 is 10.8. The van der Waals surface area contributed by atoms with E-state index < -0.39 is 0 Å². The van der Waals surface area contributed by atoms with Crippen LogP contribution in [0.3, 0.4) is 0 Å². The molecule has 3 aromatic rings. The van der Waals surface area contributed by atoms with Crippen LogP contribution in [0, 0.1) is 13.8 Å². The summed E-state index contributed by atoms with van der Waals surface area (Å²) in [5.74, 6) is 0.0506. The maximum Gasteiger partial charge on any atom is 0.291 e. The number of hydrogen-bond acceptors (Lipinski definition) is 5. The molecule has 1 aliphatic rings. The second kappa shape index (κ2) is 8.71. The number of aryl methyl sites for hydroxylation is 1. The van der Waals surface area contributed by atoms with Crippen LogP contribution in [0.1, 0.15) is 38.2 Å². The summed E-state index contributed by atoms with van der Waals surface area (Å²) in [5.41, 5.74) is 3.39. The Kier molecular flexibility index (Phi) is 6.06. The van der Waals surface area contributed by atoms with Crippen molar-refractivity contribution in [3.8, 4) is 0 Å². The number of nitrogens with zero attached hydrogens (tertiary/aromatic N) is 1. The maximum absolute atomic E-state index is 12.7. The van der Waals surface area contributed by atoms with Crippen molar-refractivity contribution in [2.45, 2.75) is 19.9 Å². The Morgan fingerprint density at radius 1 is 1.21 bits per heavy atom. The van der Waals surface area contributed by atoms with E-state index in [0.717, 1.165) is 29.2 Å². The number of rotatable bonds is 5. The van der Waals surface area contributed by atoms with Gasteiger partial charge in [-0.05, 0) is 49.2 Å². The Balaban J connectivity index is 1.78. The molecule has 4 rings (SSSR count). The number of amides is 1. The topological polar surface area (TPSA) is 54.7 Å². The maximum atomic E-state index is 12.7. The summed E-state index contributed by atoms with van der Waals surface area (Å²) in [6.45, 7) is 7.21. The highest BCUT2D eigenvalue weighted by molar-refractivity contribution is 7.16. The van der Waals surface area contributed by atoms with Gasteiger partial charge >= 0.3 is 0 Å². The van der Waals surface area contributed by atoms with Crippen molar-refractivity contribution >= 4 is 33.8 Å². The standard InChI is InChI=1S/C22H23ClN2O3S/c1-14-15(2)29-22(24-21(26)18-7-4-10-28-18)19(14)20(25-8-11-27-12-9-25)16-5-3-6-17(23)13-16/h3-7,10,13,20H,8-9,11-12H2,1-2H3,(H,24,26). The number of anilines is 1. The van der Waals surface area contributed by atoms with Crippen molar-refractivity contribution in [2.75, 3.05) is 31.6 Å². The summed E-state index contributed by atoms with van der Waals surface area (Å²) in [6.07, 6.45) is 1.50. The van der Waals surface area contributed by atoms with Gasteiger partial charge in [0.2, 0.25) is 0 Å². The highest BCUT2D eigenvalue weighted by Gasteiger charge is 2.30. The van der Waals surface area contributed by atoms with Gasteiger partial charge in [0.05, 0.1) is 25.5 Å². The lowest BCUT2D eigenvalue weighted by atomic mass is 9.94. The van der Waals surface area contributed by atoms with Crippen LogP contribution in [0.25, 0.3) is 0 Å². The van der Waals surface area contributed by atoms with Crippen LogP contribution in [0.4, 0.5) is 5.00 Å². The first-order chi connectivity index (χ1) is 14.0. The number of halogens is 1. The number of thiophene rings is 1. The van der Waals surface area contributed by atoms with E-state index in [9.17, 15) is 4.79 Å². The van der Waals surface area contributed by atoms with E-state index >= 15 is 0 Å². The lowest BCUT2D eigenvalue weighted by molar-refractivity contribution is 0.0240. The summed E-state index contributed by atoms with van der Waals surface area (Å²) in [4.78, 5) is 16.3. The van der Waals surface area contributed by atoms with E-state index in [1.807, 2.05) is 18.2 Å². The van der Waals surface area contributed by atoms with E-state index in [0.29, 0.717) is 24.0 Å². The normalized spacial score (nSPS) is 16.0. The molecule has 3 heterocycles. The van der Waals surface area contributed by atoms with Gasteiger partial charge in [-0.25, -0.2) is 0 Å². The number of benzene rings is 1. The van der Waals surface area contributed by atoms with Gasteiger partial charge in [-0.3, -0.25) is 9.69 Å². The molecule has 1 aliphatic heterocycles. The SMILES string of the molecule is Cc1sc(NC(=O)c2ccco2)c(C(c2cccc(Cl)c2)N2CCOCC2)c1C. The summed E-state index contributed by atoms with van der Waals surface area (Å²) >= 11 is 7.92. The molecule has 0 saturated carbocycles. The molecule has 0 radical (unpaired) electrons. The minimum atomic E-state index is -0.246. The number of carbonyl (C=O) groups excluding carboxylic acids is 1. The van der Waals surface area contributed by atoms with Crippen molar-refractivity contribution in [3.63, 3.8) is 0 Å². The van der Waals surface area contributed by atoms with E-state index in [-0.39, 0.29) is 11.9 Å². The Morgan fingerprint density at radius 3 is 2.69 bits per heavy atom. The van der Waals surface area contributed by atoms with Crippen LogP contribution in [0.2, 0.25) is 5.02 Å². The summed E-state index contributed by atoms with van der Waals surface area (Å²) in [5, 5.41) is 4.62. The quantitative estimate of drug-likeness (QED) is 0.597. The molecule has 1 unspecified atom stereocenters. The first kappa shape index (κ1) is 20.2. The van der Waals surface area contributed by atoms with Crippen molar-refractivity contribution in [1.82, 2.24) is 4.90 Å². The third-order valence-electron chi connectivity index (χ3n) is 5.25. The van der Waals surface area contributed by atoms with Gasteiger partial charge in [0, 0.05) is 28.6 Å². The molecule has 1 aromatic carbocycles. The average Bonchev–Trinajstić information content (AvgIpc) is 3.34. The number of furan rings is 1. The summed E-state index contributed by atoms with van der Waals surface area (Å²) in [6, 6.07) is 11.3. The van der Waals surface area contributed by atoms with Gasteiger partial charge in [0.1, 0.15) is 5.00 Å². The molecule has 29 heavy (non-hydrogen) atoms. The number of carbonyl (C=O) groups is 1. The Morgan fingerprint density at radius 2 is 2.00 bits per heavy atom. The van der Waals surface area contributed by atoms with Crippen molar-refractivity contribution in [3.05, 3.63) is 75.0 Å².